The van der Waals surface area contributed by atoms with Crippen molar-refractivity contribution >= 4 is 5.78 Å². The lowest BCUT2D eigenvalue weighted by atomic mass is 9.80. The minimum Gasteiger partial charge on any atom is -0.393 e. The van der Waals surface area contributed by atoms with Crippen molar-refractivity contribution in [3.8, 4) is 0 Å². The van der Waals surface area contributed by atoms with Gasteiger partial charge >= 0.3 is 0 Å². The molecule has 1 aliphatic carbocycles. The van der Waals surface area contributed by atoms with Gasteiger partial charge in [-0.05, 0) is 43.6 Å². The fourth-order valence-electron chi connectivity index (χ4n) is 3.26. The smallest absolute Gasteiger partial charge is 0.140 e. The molecule has 2 nitrogen and oxygen atoms in total. The van der Waals surface area contributed by atoms with Crippen molar-refractivity contribution < 1.29 is 9.90 Å². The van der Waals surface area contributed by atoms with Gasteiger partial charge in [-0.15, -0.1) is 0 Å². The van der Waals surface area contributed by atoms with Gasteiger partial charge in [0.05, 0.1) is 6.10 Å². The van der Waals surface area contributed by atoms with Gasteiger partial charge < -0.3 is 5.11 Å². The Morgan fingerprint density at radius 1 is 1.20 bits per heavy atom. The van der Waals surface area contributed by atoms with Gasteiger partial charge in [0.15, 0.2) is 0 Å². The molecule has 0 radical (unpaired) electrons. The standard InChI is InChI=1S/C18H26O2/c1-2-6-17(15-7-4-3-5-8-15)18(20)13-14-9-11-16(19)12-10-14/h3-5,7-8,14,16-17,19H,2,6,9-13H2,1H3. The second kappa shape index (κ2) is 7.58. The molecule has 1 unspecified atom stereocenters. The number of hydrogen-bond donors (Lipinski definition) is 1. The first-order valence-corrected chi connectivity index (χ1v) is 7.96. The quantitative estimate of drug-likeness (QED) is 0.848. The molecular weight excluding hydrogens is 248 g/mol. The highest BCUT2D eigenvalue weighted by molar-refractivity contribution is 5.85. The van der Waals surface area contributed by atoms with E-state index in [4.69, 9.17) is 0 Å². The maximum Gasteiger partial charge on any atom is 0.140 e. The molecule has 1 atom stereocenters. The summed E-state index contributed by atoms with van der Waals surface area (Å²) in [6.07, 6.45) is 6.26. The van der Waals surface area contributed by atoms with Crippen LogP contribution >= 0.6 is 0 Å². The molecule has 1 aromatic carbocycles. The van der Waals surface area contributed by atoms with Crippen molar-refractivity contribution in [2.45, 2.75) is 63.9 Å². The van der Waals surface area contributed by atoms with E-state index in [1.54, 1.807) is 0 Å². The average Bonchev–Trinajstić information content (AvgIpc) is 2.48. The van der Waals surface area contributed by atoms with Crippen molar-refractivity contribution in [1.82, 2.24) is 0 Å². The van der Waals surface area contributed by atoms with Crippen LogP contribution in [-0.2, 0) is 4.79 Å². The van der Waals surface area contributed by atoms with Gasteiger partial charge in [0, 0.05) is 12.3 Å². The number of aliphatic hydroxyl groups excluding tert-OH is 1. The van der Waals surface area contributed by atoms with Crippen LogP contribution in [0.1, 0.15) is 63.4 Å². The highest BCUT2D eigenvalue weighted by atomic mass is 16.3. The van der Waals surface area contributed by atoms with Gasteiger partial charge in [-0.1, -0.05) is 43.7 Å². The number of ketones is 1. The van der Waals surface area contributed by atoms with E-state index in [0.717, 1.165) is 44.1 Å². The summed E-state index contributed by atoms with van der Waals surface area (Å²) < 4.78 is 0. The lowest BCUT2D eigenvalue weighted by Crippen LogP contribution is -2.22. The van der Waals surface area contributed by atoms with Crippen LogP contribution < -0.4 is 0 Å². The molecule has 0 aromatic heterocycles. The molecule has 0 aliphatic heterocycles. The first-order valence-electron chi connectivity index (χ1n) is 7.96. The Kier molecular flexibility index (Phi) is 5.78. The monoisotopic (exact) mass is 274 g/mol. The Bertz CT molecular complexity index is 405. The lowest BCUT2D eigenvalue weighted by molar-refractivity contribution is -0.122. The molecule has 2 heteroatoms. The topological polar surface area (TPSA) is 37.3 Å². The van der Waals surface area contributed by atoms with E-state index < -0.39 is 0 Å². The Balaban J connectivity index is 1.97. The normalized spacial score (nSPS) is 24.3. The van der Waals surface area contributed by atoms with Crippen molar-refractivity contribution in [2.24, 2.45) is 5.92 Å². The average molecular weight is 274 g/mol. The van der Waals surface area contributed by atoms with Crippen LogP contribution in [0.2, 0.25) is 0 Å². The Morgan fingerprint density at radius 2 is 1.85 bits per heavy atom. The molecule has 0 heterocycles. The molecule has 110 valence electrons. The van der Waals surface area contributed by atoms with Crippen LogP contribution in [0.3, 0.4) is 0 Å². The van der Waals surface area contributed by atoms with Gasteiger partial charge in [-0.3, -0.25) is 4.79 Å². The first-order chi connectivity index (χ1) is 9.70. The van der Waals surface area contributed by atoms with Crippen LogP contribution in [0.5, 0.6) is 0 Å². The molecule has 2 rings (SSSR count). The molecule has 1 aliphatic rings. The number of rotatable bonds is 6. The van der Waals surface area contributed by atoms with E-state index in [1.807, 2.05) is 18.2 Å². The second-order valence-electron chi connectivity index (χ2n) is 6.10. The van der Waals surface area contributed by atoms with Crippen molar-refractivity contribution in [3.63, 3.8) is 0 Å². The van der Waals surface area contributed by atoms with Crippen LogP contribution in [0.4, 0.5) is 0 Å². The summed E-state index contributed by atoms with van der Waals surface area (Å²) in [7, 11) is 0. The molecular formula is C18H26O2. The summed E-state index contributed by atoms with van der Waals surface area (Å²) in [6, 6.07) is 10.2. The van der Waals surface area contributed by atoms with E-state index in [2.05, 4.69) is 19.1 Å². The molecule has 1 aromatic rings. The molecule has 0 saturated heterocycles. The SMILES string of the molecule is CCCC(C(=O)CC1CCC(O)CC1)c1ccccc1. The summed E-state index contributed by atoms with van der Waals surface area (Å²) in [5.41, 5.74) is 1.16. The van der Waals surface area contributed by atoms with Gasteiger partial charge in [0.2, 0.25) is 0 Å². The summed E-state index contributed by atoms with van der Waals surface area (Å²) in [4.78, 5) is 12.6. The minimum atomic E-state index is -0.137. The zero-order valence-electron chi connectivity index (χ0n) is 12.4. The van der Waals surface area contributed by atoms with Crippen LogP contribution in [0.25, 0.3) is 0 Å². The van der Waals surface area contributed by atoms with Crippen LogP contribution in [0.15, 0.2) is 30.3 Å². The van der Waals surface area contributed by atoms with E-state index in [0.29, 0.717) is 18.1 Å². The van der Waals surface area contributed by atoms with Gasteiger partial charge in [0.25, 0.3) is 0 Å². The maximum atomic E-state index is 12.6. The number of aliphatic hydroxyl groups is 1. The molecule has 0 spiro atoms. The molecule has 20 heavy (non-hydrogen) atoms. The maximum absolute atomic E-state index is 12.6. The van der Waals surface area contributed by atoms with Crippen LogP contribution in [-0.4, -0.2) is 17.0 Å². The predicted molar refractivity (Wildman–Crippen MR) is 81.7 cm³/mol. The van der Waals surface area contributed by atoms with E-state index in [-0.39, 0.29) is 12.0 Å². The number of benzene rings is 1. The molecule has 0 amide bonds. The Labute approximate surface area is 122 Å². The number of carbonyl (C=O) groups is 1. The summed E-state index contributed by atoms with van der Waals surface area (Å²) in [6.45, 7) is 2.14. The van der Waals surface area contributed by atoms with Crippen LogP contribution in [0, 0.1) is 5.92 Å². The third-order valence-electron chi connectivity index (χ3n) is 4.47. The highest BCUT2D eigenvalue weighted by Crippen LogP contribution is 2.31. The zero-order chi connectivity index (χ0) is 14.4. The van der Waals surface area contributed by atoms with E-state index in [1.165, 1.54) is 0 Å². The van der Waals surface area contributed by atoms with Crippen molar-refractivity contribution in [2.75, 3.05) is 0 Å². The Hall–Kier alpha value is -1.15. The third-order valence-corrected chi connectivity index (χ3v) is 4.47. The summed E-state index contributed by atoms with van der Waals surface area (Å²) >= 11 is 0. The number of Topliss-reactive ketones (excluding diaryl/α,β-unsaturated/α-hetero) is 1. The second-order valence-corrected chi connectivity index (χ2v) is 6.10. The Morgan fingerprint density at radius 3 is 2.45 bits per heavy atom. The van der Waals surface area contributed by atoms with Gasteiger partial charge in [-0.2, -0.15) is 0 Å². The lowest BCUT2D eigenvalue weighted by Gasteiger charge is -2.26. The fourth-order valence-corrected chi connectivity index (χ4v) is 3.26. The van der Waals surface area contributed by atoms with Crippen molar-refractivity contribution in [3.05, 3.63) is 35.9 Å². The number of carbonyl (C=O) groups excluding carboxylic acids is 1. The summed E-state index contributed by atoms with van der Waals surface area (Å²) in [5.74, 6) is 0.932. The van der Waals surface area contributed by atoms with Gasteiger partial charge in [0.1, 0.15) is 5.78 Å². The third kappa shape index (κ3) is 4.17. The van der Waals surface area contributed by atoms with E-state index in [9.17, 15) is 9.90 Å². The summed E-state index contributed by atoms with van der Waals surface area (Å²) in [5, 5.41) is 9.55. The first kappa shape index (κ1) is 15.2. The van der Waals surface area contributed by atoms with Crippen molar-refractivity contribution in [1.29, 1.82) is 0 Å². The number of hydrogen-bond acceptors (Lipinski definition) is 2. The largest absolute Gasteiger partial charge is 0.393 e. The van der Waals surface area contributed by atoms with E-state index >= 15 is 0 Å². The highest BCUT2D eigenvalue weighted by Gasteiger charge is 2.26. The van der Waals surface area contributed by atoms with Gasteiger partial charge in [-0.25, -0.2) is 0 Å². The predicted octanol–water partition coefficient (Wildman–Crippen LogP) is 4.08. The fraction of sp³-hybridized carbons (Fsp3) is 0.611. The molecule has 1 fully saturated rings. The molecule has 1 N–H and O–H groups in total. The molecule has 1 saturated carbocycles. The molecule has 0 bridgehead atoms. The minimum absolute atomic E-state index is 0.0630. The zero-order valence-corrected chi connectivity index (χ0v) is 12.4.